The number of nitrogens with two attached hydrogens (primary N) is 1. The number of hydrogen-bond acceptors (Lipinski definition) is 1. The van der Waals surface area contributed by atoms with Crippen molar-refractivity contribution < 1.29 is 4.79 Å². The van der Waals surface area contributed by atoms with Gasteiger partial charge >= 0.3 is 0 Å². The highest BCUT2D eigenvalue weighted by Gasteiger charge is 2.02. The van der Waals surface area contributed by atoms with Crippen LogP contribution in [0.3, 0.4) is 0 Å². The Hall–Kier alpha value is -0.530. The summed E-state index contributed by atoms with van der Waals surface area (Å²) in [5, 5.41) is 0. The van der Waals surface area contributed by atoms with Crippen molar-refractivity contribution in [2.45, 2.75) is 110 Å². The zero-order chi connectivity index (χ0) is 15.8. The van der Waals surface area contributed by atoms with Gasteiger partial charge in [0.25, 0.3) is 0 Å². The van der Waals surface area contributed by atoms with Crippen LogP contribution in [0.4, 0.5) is 0 Å². The molecule has 2 N–H and O–H groups in total. The van der Waals surface area contributed by atoms with Crippen LogP contribution in [0, 0.1) is 5.92 Å². The van der Waals surface area contributed by atoms with E-state index in [1.807, 2.05) is 0 Å². The highest BCUT2D eigenvalue weighted by molar-refractivity contribution is 5.73. The number of unbranched alkanes of at least 4 members (excludes halogenated alkanes) is 10. The molecule has 0 rings (SSSR count). The lowest BCUT2D eigenvalue weighted by Crippen LogP contribution is -2.09. The number of primary amides is 1. The molecule has 2 nitrogen and oxygen atoms in total. The summed E-state index contributed by atoms with van der Waals surface area (Å²) in [5.74, 6) is 0.740. The van der Waals surface area contributed by atoms with Crippen LogP contribution in [0.1, 0.15) is 110 Å². The first-order valence-corrected chi connectivity index (χ1v) is 9.45. The smallest absolute Gasteiger partial charge is 0.217 e. The molecule has 0 aliphatic carbocycles. The summed E-state index contributed by atoms with van der Waals surface area (Å²) in [6, 6.07) is 0. The number of carbonyl (C=O) groups excluding carboxylic acids is 1. The Labute approximate surface area is 133 Å². The van der Waals surface area contributed by atoms with E-state index in [9.17, 15) is 4.79 Å². The van der Waals surface area contributed by atoms with Crippen molar-refractivity contribution in [3.05, 3.63) is 0 Å². The first kappa shape index (κ1) is 20.5. The fraction of sp³-hybridized carbons (Fsp3) is 0.947. The molecule has 0 aromatic rings. The topological polar surface area (TPSA) is 43.1 Å². The van der Waals surface area contributed by atoms with Crippen LogP contribution < -0.4 is 5.73 Å². The van der Waals surface area contributed by atoms with Crippen LogP contribution in [-0.2, 0) is 4.79 Å². The van der Waals surface area contributed by atoms with Gasteiger partial charge in [0.1, 0.15) is 0 Å². The molecule has 0 radical (unpaired) electrons. The molecule has 0 aliphatic rings. The number of hydrogen-bond donors (Lipinski definition) is 1. The van der Waals surface area contributed by atoms with Gasteiger partial charge in [-0.1, -0.05) is 97.3 Å². The van der Waals surface area contributed by atoms with E-state index in [1.165, 1.54) is 77.0 Å². The molecule has 0 saturated heterocycles. The van der Waals surface area contributed by atoms with Crippen LogP contribution in [0.2, 0.25) is 0 Å². The highest BCUT2D eigenvalue weighted by atomic mass is 16.1. The molecule has 0 spiro atoms. The second kappa shape index (κ2) is 15.9. The maximum atomic E-state index is 10.6. The maximum absolute atomic E-state index is 10.6. The number of rotatable bonds is 16. The van der Waals surface area contributed by atoms with Gasteiger partial charge in [-0.05, 0) is 12.3 Å². The Morgan fingerprint density at radius 3 is 1.67 bits per heavy atom. The van der Waals surface area contributed by atoms with Crippen LogP contribution in [0.5, 0.6) is 0 Å². The van der Waals surface area contributed by atoms with Crippen molar-refractivity contribution in [2.75, 3.05) is 0 Å². The second-order valence-corrected chi connectivity index (χ2v) is 6.79. The van der Waals surface area contributed by atoms with Crippen LogP contribution >= 0.6 is 0 Å². The number of carbonyl (C=O) groups is 1. The molecule has 0 aromatic heterocycles. The normalized spacial score (nSPS) is 12.5. The first-order chi connectivity index (χ1) is 10.2. The molecule has 0 aromatic carbocycles. The fourth-order valence-corrected chi connectivity index (χ4v) is 2.92. The maximum Gasteiger partial charge on any atom is 0.217 e. The molecule has 0 bridgehead atoms. The van der Waals surface area contributed by atoms with Gasteiger partial charge in [0, 0.05) is 6.42 Å². The third-order valence-corrected chi connectivity index (χ3v) is 4.42. The van der Waals surface area contributed by atoms with Crippen LogP contribution in [-0.4, -0.2) is 5.91 Å². The Balaban J connectivity index is 3.16. The largest absolute Gasteiger partial charge is 0.370 e. The molecule has 1 atom stereocenters. The molecule has 0 heterocycles. The molecular formula is C19H39NO. The number of amides is 1. The lowest BCUT2D eigenvalue weighted by Gasteiger charge is -2.11. The van der Waals surface area contributed by atoms with Crippen molar-refractivity contribution in [3.8, 4) is 0 Å². The summed E-state index contributed by atoms with van der Waals surface area (Å²) in [6.45, 7) is 4.68. The van der Waals surface area contributed by atoms with E-state index in [1.54, 1.807) is 0 Å². The Morgan fingerprint density at radius 1 is 0.762 bits per heavy atom. The van der Waals surface area contributed by atoms with Gasteiger partial charge in [0.05, 0.1) is 0 Å². The molecular weight excluding hydrogens is 258 g/mol. The van der Waals surface area contributed by atoms with E-state index in [-0.39, 0.29) is 5.91 Å². The highest BCUT2D eigenvalue weighted by Crippen LogP contribution is 2.18. The first-order valence-electron chi connectivity index (χ1n) is 9.45. The molecule has 0 saturated carbocycles. The minimum absolute atomic E-state index is 0.154. The van der Waals surface area contributed by atoms with Gasteiger partial charge in [0.2, 0.25) is 5.91 Å². The summed E-state index contributed by atoms with van der Waals surface area (Å²) in [4.78, 5) is 10.6. The molecule has 126 valence electrons. The lowest BCUT2D eigenvalue weighted by molar-refractivity contribution is -0.118. The van der Waals surface area contributed by atoms with Crippen molar-refractivity contribution >= 4 is 5.91 Å². The van der Waals surface area contributed by atoms with Gasteiger partial charge in [0.15, 0.2) is 0 Å². The Kier molecular flexibility index (Phi) is 15.5. The van der Waals surface area contributed by atoms with E-state index in [4.69, 9.17) is 5.73 Å². The van der Waals surface area contributed by atoms with Gasteiger partial charge in [-0.2, -0.15) is 0 Å². The molecule has 1 amide bonds. The SMILES string of the molecule is CCCCCCCCCC(C)CCCCCCCC(N)=O. The van der Waals surface area contributed by atoms with Crippen LogP contribution in [0.15, 0.2) is 0 Å². The molecule has 0 aliphatic heterocycles. The lowest BCUT2D eigenvalue weighted by atomic mass is 9.96. The second-order valence-electron chi connectivity index (χ2n) is 6.79. The predicted octanol–water partition coefficient (Wildman–Crippen LogP) is 5.98. The van der Waals surface area contributed by atoms with Crippen molar-refractivity contribution in [3.63, 3.8) is 0 Å². The third kappa shape index (κ3) is 17.4. The molecule has 2 heteroatoms. The fourth-order valence-electron chi connectivity index (χ4n) is 2.92. The Bertz CT molecular complexity index is 228. The summed E-state index contributed by atoms with van der Waals surface area (Å²) in [5.41, 5.74) is 5.13. The zero-order valence-corrected chi connectivity index (χ0v) is 14.7. The minimum atomic E-state index is -0.154. The summed E-state index contributed by atoms with van der Waals surface area (Å²) < 4.78 is 0. The average Bonchev–Trinajstić information content (AvgIpc) is 2.45. The van der Waals surface area contributed by atoms with Gasteiger partial charge in [-0.25, -0.2) is 0 Å². The molecule has 21 heavy (non-hydrogen) atoms. The third-order valence-electron chi connectivity index (χ3n) is 4.42. The molecule has 1 unspecified atom stereocenters. The molecule has 0 fully saturated rings. The standard InChI is InChI=1S/C19H39NO/c1-3-4-5-6-7-9-12-15-18(2)16-13-10-8-11-14-17-19(20)21/h18H,3-17H2,1-2H3,(H2,20,21). The predicted molar refractivity (Wildman–Crippen MR) is 93.3 cm³/mol. The average molecular weight is 298 g/mol. The van der Waals surface area contributed by atoms with E-state index in [0.29, 0.717) is 6.42 Å². The van der Waals surface area contributed by atoms with E-state index < -0.39 is 0 Å². The quantitative estimate of drug-likeness (QED) is 0.350. The van der Waals surface area contributed by atoms with Gasteiger partial charge in [-0.3, -0.25) is 4.79 Å². The van der Waals surface area contributed by atoms with Crippen LogP contribution in [0.25, 0.3) is 0 Å². The van der Waals surface area contributed by atoms with E-state index in [2.05, 4.69) is 13.8 Å². The Morgan fingerprint density at radius 2 is 1.19 bits per heavy atom. The van der Waals surface area contributed by atoms with Gasteiger partial charge in [-0.15, -0.1) is 0 Å². The zero-order valence-electron chi connectivity index (χ0n) is 14.7. The summed E-state index contributed by atoms with van der Waals surface area (Å²) in [7, 11) is 0. The summed E-state index contributed by atoms with van der Waals surface area (Å²) >= 11 is 0. The minimum Gasteiger partial charge on any atom is -0.370 e. The van der Waals surface area contributed by atoms with Gasteiger partial charge < -0.3 is 5.73 Å². The van der Waals surface area contributed by atoms with E-state index >= 15 is 0 Å². The van der Waals surface area contributed by atoms with Crippen molar-refractivity contribution in [1.29, 1.82) is 0 Å². The van der Waals surface area contributed by atoms with Crippen molar-refractivity contribution in [1.82, 2.24) is 0 Å². The summed E-state index contributed by atoms with van der Waals surface area (Å²) in [6.07, 6.45) is 19.4. The van der Waals surface area contributed by atoms with E-state index in [0.717, 1.165) is 18.8 Å². The monoisotopic (exact) mass is 297 g/mol. The van der Waals surface area contributed by atoms with Crippen molar-refractivity contribution in [2.24, 2.45) is 11.7 Å².